The third-order valence-electron chi connectivity index (χ3n) is 2.65. The minimum absolute atomic E-state index is 0.0475. The molecule has 4 heteroatoms. The number of likely N-dealkylation sites (N-methyl/N-ethyl adjacent to an activating group) is 1. The van der Waals surface area contributed by atoms with E-state index in [0.717, 1.165) is 12.1 Å². The predicted octanol–water partition coefficient (Wildman–Crippen LogP) is 1.04. The van der Waals surface area contributed by atoms with Crippen molar-refractivity contribution in [2.75, 3.05) is 19.5 Å². The third-order valence-corrected chi connectivity index (χ3v) is 2.65. The highest BCUT2D eigenvalue weighted by molar-refractivity contribution is 5.86. The van der Waals surface area contributed by atoms with Gasteiger partial charge in [0.25, 0.3) is 5.91 Å². The van der Waals surface area contributed by atoms with E-state index in [1.807, 2.05) is 24.3 Å². The van der Waals surface area contributed by atoms with E-state index in [-0.39, 0.29) is 11.9 Å². The average Bonchev–Trinajstić information content (AvgIpc) is 2.70. The SMILES string of the molecule is CON(C)C(=O)[C@@H]1Cc2ccccc2N1. The molecule has 1 aromatic carbocycles. The van der Waals surface area contributed by atoms with Gasteiger partial charge in [0.05, 0.1) is 7.11 Å². The van der Waals surface area contributed by atoms with Crippen LogP contribution in [0.5, 0.6) is 0 Å². The summed E-state index contributed by atoms with van der Waals surface area (Å²) >= 11 is 0. The highest BCUT2D eigenvalue weighted by Gasteiger charge is 2.28. The third kappa shape index (κ3) is 1.80. The second-order valence-corrected chi connectivity index (χ2v) is 3.58. The van der Waals surface area contributed by atoms with Crippen molar-refractivity contribution in [1.29, 1.82) is 0 Å². The molecule has 1 aliphatic heterocycles. The number of nitrogens with zero attached hydrogens (tertiary/aromatic N) is 1. The molecule has 0 unspecified atom stereocenters. The lowest BCUT2D eigenvalue weighted by Crippen LogP contribution is -2.39. The molecule has 0 saturated carbocycles. The Kier molecular flexibility index (Phi) is 2.60. The number of nitrogens with one attached hydrogen (secondary N) is 1. The summed E-state index contributed by atoms with van der Waals surface area (Å²) in [5, 5.41) is 4.43. The zero-order valence-electron chi connectivity index (χ0n) is 8.86. The van der Waals surface area contributed by atoms with Gasteiger partial charge in [-0.1, -0.05) is 18.2 Å². The molecule has 2 rings (SSSR count). The van der Waals surface area contributed by atoms with E-state index >= 15 is 0 Å². The molecule has 1 atom stereocenters. The number of carbonyl (C=O) groups excluding carboxylic acids is 1. The van der Waals surface area contributed by atoms with Gasteiger partial charge in [0.2, 0.25) is 0 Å². The van der Waals surface area contributed by atoms with Gasteiger partial charge in [-0.3, -0.25) is 9.63 Å². The maximum absolute atomic E-state index is 11.8. The fraction of sp³-hybridized carbons (Fsp3) is 0.364. The van der Waals surface area contributed by atoms with Crippen LogP contribution >= 0.6 is 0 Å². The Balaban J connectivity index is 2.10. The van der Waals surface area contributed by atoms with Gasteiger partial charge < -0.3 is 5.32 Å². The molecule has 1 aromatic rings. The van der Waals surface area contributed by atoms with Gasteiger partial charge in [-0.25, -0.2) is 5.06 Å². The first-order valence-corrected chi connectivity index (χ1v) is 4.88. The number of anilines is 1. The smallest absolute Gasteiger partial charge is 0.268 e. The summed E-state index contributed by atoms with van der Waals surface area (Å²) < 4.78 is 0. The van der Waals surface area contributed by atoms with Crippen LogP contribution in [0.3, 0.4) is 0 Å². The molecule has 0 radical (unpaired) electrons. The number of benzene rings is 1. The van der Waals surface area contributed by atoms with E-state index in [2.05, 4.69) is 5.32 Å². The van der Waals surface area contributed by atoms with Crippen molar-refractivity contribution in [3.8, 4) is 0 Å². The van der Waals surface area contributed by atoms with Crippen LogP contribution in [-0.4, -0.2) is 31.2 Å². The number of carbonyl (C=O) groups is 1. The van der Waals surface area contributed by atoms with Crippen LogP contribution in [0.4, 0.5) is 5.69 Å². The largest absolute Gasteiger partial charge is 0.373 e. The summed E-state index contributed by atoms with van der Waals surface area (Å²) in [6.45, 7) is 0. The van der Waals surface area contributed by atoms with Gasteiger partial charge in [-0.05, 0) is 11.6 Å². The number of hydrogen-bond donors (Lipinski definition) is 1. The molecule has 4 nitrogen and oxygen atoms in total. The fourth-order valence-electron chi connectivity index (χ4n) is 1.76. The Morgan fingerprint density at radius 1 is 1.53 bits per heavy atom. The van der Waals surface area contributed by atoms with Crippen molar-refractivity contribution in [3.05, 3.63) is 29.8 Å². The Hall–Kier alpha value is -1.55. The molecule has 1 N–H and O–H groups in total. The van der Waals surface area contributed by atoms with Crippen LogP contribution in [-0.2, 0) is 16.1 Å². The molecule has 0 aliphatic carbocycles. The second kappa shape index (κ2) is 3.90. The quantitative estimate of drug-likeness (QED) is 0.735. The van der Waals surface area contributed by atoms with Crippen molar-refractivity contribution in [2.24, 2.45) is 0 Å². The number of fused-ring (bicyclic) bond motifs is 1. The Bertz CT molecular complexity index is 354. The standard InChI is InChI=1S/C11H14N2O2/c1-13(15-2)11(14)10-7-8-5-3-4-6-9(8)12-10/h3-6,10,12H,7H2,1-2H3/t10-/m0/s1. The van der Waals surface area contributed by atoms with Crippen LogP contribution in [0.25, 0.3) is 0 Å². The lowest BCUT2D eigenvalue weighted by atomic mass is 10.1. The lowest BCUT2D eigenvalue weighted by molar-refractivity contribution is -0.169. The topological polar surface area (TPSA) is 41.6 Å². The zero-order valence-corrected chi connectivity index (χ0v) is 8.86. The molecule has 0 fully saturated rings. The van der Waals surface area contributed by atoms with Crippen LogP contribution in [0.15, 0.2) is 24.3 Å². The maximum Gasteiger partial charge on any atom is 0.268 e. The first-order valence-electron chi connectivity index (χ1n) is 4.88. The fourth-order valence-corrected chi connectivity index (χ4v) is 1.76. The maximum atomic E-state index is 11.8. The van der Waals surface area contributed by atoms with Crippen molar-refractivity contribution >= 4 is 11.6 Å². The summed E-state index contributed by atoms with van der Waals surface area (Å²) in [5.74, 6) is -0.0475. The first-order chi connectivity index (χ1) is 7.22. The van der Waals surface area contributed by atoms with E-state index < -0.39 is 0 Å². The van der Waals surface area contributed by atoms with Crippen molar-refractivity contribution in [3.63, 3.8) is 0 Å². The van der Waals surface area contributed by atoms with E-state index in [9.17, 15) is 4.79 Å². The second-order valence-electron chi connectivity index (χ2n) is 3.58. The first kappa shape index (κ1) is 9.98. The molecular formula is C11H14N2O2. The molecule has 0 saturated heterocycles. The average molecular weight is 206 g/mol. The molecule has 1 amide bonds. The monoisotopic (exact) mass is 206 g/mol. The van der Waals surface area contributed by atoms with E-state index in [0.29, 0.717) is 0 Å². The van der Waals surface area contributed by atoms with Crippen LogP contribution in [0, 0.1) is 0 Å². The predicted molar refractivity (Wildman–Crippen MR) is 57.3 cm³/mol. The highest BCUT2D eigenvalue weighted by Crippen LogP contribution is 2.25. The van der Waals surface area contributed by atoms with Gasteiger partial charge in [-0.2, -0.15) is 0 Å². The minimum atomic E-state index is -0.202. The van der Waals surface area contributed by atoms with Crippen molar-refractivity contribution in [2.45, 2.75) is 12.5 Å². The molecule has 0 bridgehead atoms. The Labute approximate surface area is 88.8 Å². The van der Waals surface area contributed by atoms with Crippen LogP contribution in [0.2, 0.25) is 0 Å². The number of rotatable bonds is 2. The Morgan fingerprint density at radius 2 is 2.27 bits per heavy atom. The molecule has 1 heterocycles. The van der Waals surface area contributed by atoms with E-state index in [1.165, 1.54) is 17.7 Å². The zero-order chi connectivity index (χ0) is 10.8. The van der Waals surface area contributed by atoms with E-state index in [4.69, 9.17) is 4.84 Å². The summed E-state index contributed by atoms with van der Waals surface area (Å²) in [4.78, 5) is 16.7. The molecule has 0 spiro atoms. The van der Waals surface area contributed by atoms with Gasteiger partial charge in [0.15, 0.2) is 0 Å². The molecule has 80 valence electrons. The van der Waals surface area contributed by atoms with E-state index in [1.54, 1.807) is 7.05 Å². The Morgan fingerprint density at radius 3 is 2.93 bits per heavy atom. The molecular weight excluding hydrogens is 192 g/mol. The number of hydrogen-bond acceptors (Lipinski definition) is 3. The number of hydroxylamine groups is 2. The van der Waals surface area contributed by atoms with Gasteiger partial charge >= 0.3 is 0 Å². The van der Waals surface area contributed by atoms with Gasteiger partial charge in [-0.15, -0.1) is 0 Å². The minimum Gasteiger partial charge on any atom is -0.373 e. The normalized spacial score (nSPS) is 18.1. The summed E-state index contributed by atoms with van der Waals surface area (Å²) in [6, 6.07) is 7.75. The van der Waals surface area contributed by atoms with Crippen LogP contribution < -0.4 is 5.32 Å². The highest BCUT2D eigenvalue weighted by atomic mass is 16.7. The molecule has 15 heavy (non-hydrogen) atoms. The molecule has 1 aliphatic rings. The van der Waals surface area contributed by atoms with Crippen molar-refractivity contribution < 1.29 is 9.63 Å². The number of amides is 1. The van der Waals surface area contributed by atoms with Crippen LogP contribution in [0.1, 0.15) is 5.56 Å². The summed E-state index contributed by atoms with van der Waals surface area (Å²) in [5.41, 5.74) is 2.22. The van der Waals surface area contributed by atoms with Crippen molar-refractivity contribution in [1.82, 2.24) is 5.06 Å². The summed E-state index contributed by atoms with van der Waals surface area (Å²) in [7, 11) is 3.10. The molecule has 0 aromatic heterocycles. The number of para-hydroxylation sites is 1. The van der Waals surface area contributed by atoms with Gasteiger partial charge in [0.1, 0.15) is 6.04 Å². The lowest BCUT2D eigenvalue weighted by Gasteiger charge is -2.18. The van der Waals surface area contributed by atoms with Gasteiger partial charge in [0, 0.05) is 19.2 Å². The summed E-state index contributed by atoms with van der Waals surface area (Å²) in [6.07, 6.45) is 0.725.